The van der Waals surface area contributed by atoms with E-state index >= 15 is 0 Å². The number of carbonyl (C=O) groups excluding carboxylic acids is 3. The number of carbonyl (C=O) groups is 3. The van der Waals surface area contributed by atoms with Gasteiger partial charge in [0, 0.05) is 0 Å². The molecule has 2 N–H and O–H groups in total. The Bertz CT molecular complexity index is 991. The minimum absolute atomic E-state index is 0.0928. The predicted octanol–water partition coefficient (Wildman–Crippen LogP) is 2.57. The summed E-state index contributed by atoms with van der Waals surface area (Å²) in [5, 5.41) is 0. The second kappa shape index (κ2) is 7.12. The first-order valence-electron chi connectivity index (χ1n) is 9.85. The molecule has 2 aromatic rings. The van der Waals surface area contributed by atoms with Crippen LogP contribution in [-0.2, 0) is 12.0 Å². The Morgan fingerprint density at radius 2 is 1.76 bits per heavy atom. The molecule has 1 saturated carbocycles. The van der Waals surface area contributed by atoms with Crippen LogP contribution in [0.4, 0.5) is 0 Å². The Kier molecular flexibility index (Phi) is 4.74. The molecule has 29 heavy (non-hydrogen) atoms. The summed E-state index contributed by atoms with van der Waals surface area (Å²) in [7, 11) is 4.18. The van der Waals surface area contributed by atoms with Gasteiger partial charge < -0.3 is 10.6 Å². The van der Waals surface area contributed by atoms with Crippen LogP contribution in [0.25, 0.3) is 0 Å². The number of amides is 3. The van der Waals surface area contributed by atoms with E-state index in [1.165, 1.54) is 29.4 Å². The molecule has 1 aliphatic heterocycles. The van der Waals surface area contributed by atoms with Crippen molar-refractivity contribution in [3.05, 3.63) is 70.3 Å². The Morgan fingerprint density at radius 1 is 1.07 bits per heavy atom. The minimum atomic E-state index is -0.707. The van der Waals surface area contributed by atoms with Crippen LogP contribution in [0.5, 0.6) is 0 Å². The van der Waals surface area contributed by atoms with Crippen LogP contribution in [0.1, 0.15) is 61.5 Å². The molecule has 1 aliphatic carbocycles. The second-order valence-corrected chi connectivity index (χ2v) is 8.32. The summed E-state index contributed by atoms with van der Waals surface area (Å²) >= 11 is 0. The van der Waals surface area contributed by atoms with E-state index in [0.29, 0.717) is 0 Å². The van der Waals surface area contributed by atoms with Crippen molar-refractivity contribution in [3.8, 4) is 0 Å². The number of benzene rings is 2. The minimum Gasteiger partial charge on any atom is -0.366 e. The number of nitrogens with two attached hydrogens (primary N) is 1. The summed E-state index contributed by atoms with van der Waals surface area (Å²) < 4.78 is 0. The molecule has 0 bridgehead atoms. The summed E-state index contributed by atoms with van der Waals surface area (Å²) in [6.07, 6.45) is 3.54. The highest BCUT2D eigenvalue weighted by Crippen LogP contribution is 2.51. The molecule has 0 unspecified atom stereocenters. The summed E-state index contributed by atoms with van der Waals surface area (Å²) in [5.41, 5.74) is 8.30. The van der Waals surface area contributed by atoms with Crippen molar-refractivity contribution in [1.29, 1.82) is 0 Å². The smallest absolute Gasteiger partial charge is 0.262 e. The van der Waals surface area contributed by atoms with Gasteiger partial charge in [-0.3, -0.25) is 19.3 Å². The second-order valence-electron chi connectivity index (χ2n) is 8.32. The zero-order valence-electron chi connectivity index (χ0n) is 16.8. The van der Waals surface area contributed by atoms with Crippen LogP contribution < -0.4 is 5.73 Å². The molecule has 0 radical (unpaired) electrons. The number of nitrogens with zero attached hydrogens (tertiary/aromatic N) is 2. The molecule has 1 heterocycles. The Balaban J connectivity index is 1.52. The first-order chi connectivity index (χ1) is 13.8. The van der Waals surface area contributed by atoms with E-state index in [4.69, 9.17) is 5.73 Å². The van der Waals surface area contributed by atoms with E-state index < -0.39 is 11.8 Å². The SMILES string of the molecule is CN(C)CCC1(c2ccc(CN3C(=O)c4cccc(C(N)=O)c4C3=O)cc2)CC1. The molecule has 6 nitrogen and oxygen atoms in total. The third-order valence-electron chi connectivity index (χ3n) is 6.06. The first-order valence-corrected chi connectivity index (χ1v) is 9.85. The third-order valence-corrected chi connectivity index (χ3v) is 6.06. The van der Waals surface area contributed by atoms with Gasteiger partial charge in [0.2, 0.25) is 5.91 Å². The highest BCUT2D eigenvalue weighted by molar-refractivity contribution is 6.24. The molecule has 0 saturated heterocycles. The van der Waals surface area contributed by atoms with Gasteiger partial charge in [0.1, 0.15) is 0 Å². The average molecular weight is 391 g/mol. The third kappa shape index (κ3) is 3.44. The highest BCUT2D eigenvalue weighted by Gasteiger charge is 2.43. The lowest BCUT2D eigenvalue weighted by atomic mass is 9.91. The van der Waals surface area contributed by atoms with Gasteiger partial charge in [0.05, 0.1) is 23.2 Å². The van der Waals surface area contributed by atoms with E-state index in [-0.39, 0.29) is 34.6 Å². The fourth-order valence-electron chi connectivity index (χ4n) is 4.10. The maximum Gasteiger partial charge on any atom is 0.262 e. The topological polar surface area (TPSA) is 83.7 Å². The van der Waals surface area contributed by atoms with Crippen molar-refractivity contribution >= 4 is 17.7 Å². The Hall–Kier alpha value is -2.99. The van der Waals surface area contributed by atoms with E-state index in [2.05, 4.69) is 31.1 Å². The van der Waals surface area contributed by atoms with Crippen molar-refractivity contribution in [2.75, 3.05) is 20.6 Å². The predicted molar refractivity (Wildman–Crippen MR) is 110 cm³/mol. The molecule has 4 rings (SSSR count). The quantitative estimate of drug-likeness (QED) is 0.736. The zero-order chi connectivity index (χ0) is 20.8. The molecular formula is C23H25N3O3. The fourth-order valence-corrected chi connectivity index (χ4v) is 4.10. The lowest BCUT2D eigenvalue weighted by Crippen LogP contribution is -2.29. The summed E-state index contributed by atoms with van der Waals surface area (Å²) in [6, 6.07) is 12.8. The molecule has 2 aromatic carbocycles. The number of hydrogen-bond donors (Lipinski definition) is 1. The molecule has 0 atom stereocenters. The maximum absolute atomic E-state index is 12.8. The average Bonchev–Trinajstić information content (AvgIpc) is 3.46. The van der Waals surface area contributed by atoms with Crippen molar-refractivity contribution in [1.82, 2.24) is 9.80 Å². The molecule has 0 aromatic heterocycles. The summed E-state index contributed by atoms with van der Waals surface area (Å²) in [5.74, 6) is -1.56. The Morgan fingerprint density at radius 3 is 2.34 bits per heavy atom. The summed E-state index contributed by atoms with van der Waals surface area (Å²) in [4.78, 5) is 40.6. The van der Waals surface area contributed by atoms with Gasteiger partial charge in [0.25, 0.3) is 11.8 Å². The zero-order valence-corrected chi connectivity index (χ0v) is 16.8. The number of primary amides is 1. The molecule has 6 heteroatoms. The van der Waals surface area contributed by atoms with Crippen LogP contribution in [0.3, 0.4) is 0 Å². The Labute approximate surface area is 170 Å². The van der Waals surface area contributed by atoms with Gasteiger partial charge in [-0.15, -0.1) is 0 Å². The molecular weight excluding hydrogens is 366 g/mol. The largest absolute Gasteiger partial charge is 0.366 e. The number of imide groups is 1. The summed E-state index contributed by atoms with van der Waals surface area (Å²) in [6.45, 7) is 1.23. The molecule has 1 fully saturated rings. The molecule has 2 aliphatic rings. The van der Waals surface area contributed by atoms with E-state index in [9.17, 15) is 14.4 Å². The molecule has 150 valence electrons. The van der Waals surface area contributed by atoms with Crippen molar-refractivity contribution < 1.29 is 14.4 Å². The van der Waals surface area contributed by atoms with E-state index in [1.807, 2.05) is 12.1 Å². The lowest BCUT2D eigenvalue weighted by molar-refractivity contribution is 0.0640. The van der Waals surface area contributed by atoms with Crippen LogP contribution in [0, 0.1) is 0 Å². The van der Waals surface area contributed by atoms with Gasteiger partial charge in [-0.2, -0.15) is 0 Å². The maximum atomic E-state index is 12.8. The van der Waals surface area contributed by atoms with Crippen LogP contribution in [-0.4, -0.2) is 48.2 Å². The van der Waals surface area contributed by atoms with Crippen molar-refractivity contribution in [2.24, 2.45) is 5.73 Å². The normalized spacial score (nSPS) is 17.0. The van der Waals surface area contributed by atoms with Crippen LogP contribution in [0.2, 0.25) is 0 Å². The van der Waals surface area contributed by atoms with Crippen molar-refractivity contribution in [2.45, 2.75) is 31.2 Å². The van der Waals surface area contributed by atoms with Crippen LogP contribution in [0.15, 0.2) is 42.5 Å². The molecule has 3 amide bonds. The van der Waals surface area contributed by atoms with Gasteiger partial charge in [-0.25, -0.2) is 0 Å². The van der Waals surface area contributed by atoms with Gasteiger partial charge >= 0.3 is 0 Å². The van der Waals surface area contributed by atoms with E-state index in [0.717, 1.165) is 18.5 Å². The van der Waals surface area contributed by atoms with Crippen molar-refractivity contribution in [3.63, 3.8) is 0 Å². The van der Waals surface area contributed by atoms with Gasteiger partial charge in [-0.05, 0) is 68.6 Å². The number of hydrogen-bond acceptors (Lipinski definition) is 4. The monoisotopic (exact) mass is 391 g/mol. The van der Waals surface area contributed by atoms with Gasteiger partial charge in [0.15, 0.2) is 0 Å². The standard InChI is InChI=1S/C23H25N3O3/c1-25(2)13-12-23(10-11-23)16-8-6-15(7-9-16)14-26-21(28)18-5-3-4-17(20(24)27)19(18)22(26)29/h3-9H,10-14H2,1-2H3,(H2,24,27). The van der Waals surface area contributed by atoms with Crippen LogP contribution >= 0.6 is 0 Å². The molecule has 0 spiro atoms. The highest BCUT2D eigenvalue weighted by atomic mass is 16.2. The lowest BCUT2D eigenvalue weighted by Gasteiger charge is -2.19. The number of rotatable bonds is 7. The fraction of sp³-hybridized carbons (Fsp3) is 0.348. The number of fused-ring (bicyclic) bond motifs is 1. The van der Waals surface area contributed by atoms with Gasteiger partial charge in [-0.1, -0.05) is 30.3 Å². The van der Waals surface area contributed by atoms with E-state index in [1.54, 1.807) is 12.1 Å². The first kappa shape index (κ1) is 19.3.